The number of carbonyl (C=O) groups is 1. The van der Waals surface area contributed by atoms with Crippen molar-refractivity contribution in [2.24, 2.45) is 0 Å². The molecule has 27 heavy (non-hydrogen) atoms. The molecule has 2 aromatic heterocycles. The number of benzene rings is 1. The summed E-state index contributed by atoms with van der Waals surface area (Å²) in [6, 6.07) is 8.19. The first-order valence-electron chi connectivity index (χ1n) is 9.21. The second-order valence-electron chi connectivity index (χ2n) is 6.90. The molecule has 2 heterocycles. The lowest BCUT2D eigenvalue weighted by molar-refractivity contribution is -0.122. The Morgan fingerprint density at radius 2 is 1.93 bits per heavy atom. The molecule has 1 atom stereocenters. The van der Waals surface area contributed by atoms with Gasteiger partial charge < -0.3 is 5.32 Å². The van der Waals surface area contributed by atoms with Crippen LogP contribution in [-0.2, 0) is 11.3 Å². The van der Waals surface area contributed by atoms with Crippen molar-refractivity contribution in [2.75, 3.05) is 0 Å². The van der Waals surface area contributed by atoms with E-state index in [2.05, 4.69) is 29.4 Å². The number of thiophene rings is 1. The summed E-state index contributed by atoms with van der Waals surface area (Å²) in [4.78, 5) is 31.4. The Hall–Kier alpha value is -2.47. The Morgan fingerprint density at radius 3 is 2.59 bits per heavy atom. The van der Waals surface area contributed by atoms with Crippen LogP contribution in [0.5, 0.6) is 0 Å². The quantitative estimate of drug-likeness (QED) is 0.699. The number of rotatable bonds is 6. The van der Waals surface area contributed by atoms with Crippen LogP contribution in [0.3, 0.4) is 0 Å². The topological polar surface area (TPSA) is 64.0 Å². The normalized spacial score (nSPS) is 12.3. The molecule has 0 saturated heterocycles. The molecule has 0 spiro atoms. The van der Waals surface area contributed by atoms with Crippen molar-refractivity contribution in [3.63, 3.8) is 0 Å². The molecule has 1 aromatic carbocycles. The fourth-order valence-electron chi connectivity index (χ4n) is 3.14. The van der Waals surface area contributed by atoms with Crippen molar-refractivity contribution < 1.29 is 4.79 Å². The van der Waals surface area contributed by atoms with E-state index in [1.54, 1.807) is 6.33 Å². The highest BCUT2D eigenvalue weighted by atomic mass is 32.1. The average molecular weight is 384 g/mol. The van der Waals surface area contributed by atoms with Crippen LogP contribution in [0.15, 0.2) is 35.4 Å². The van der Waals surface area contributed by atoms with Crippen molar-refractivity contribution in [3.05, 3.63) is 62.5 Å². The summed E-state index contributed by atoms with van der Waals surface area (Å²) >= 11 is 1.53. The number of aromatic nitrogens is 2. The molecule has 1 amide bonds. The van der Waals surface area contributed by atoms with Gasteiger partial charge in [-0.2, -0.15) is 0 Å². The molecule has 3 aromatic rings. The molecule has 0 unspecified atom stereocenters. The summed E-state index contributed by atoms with van der Waals surface area (Å²) in [6.45, 7) is 8.36. The van der Waals surface area contributed by atoms with Crippen LogP contribution in [0, 0.1) is 20.8 Å². The fourth-order valence-corrected chi connectivity index (χ4v) is 4.13. The molecule has 6 heteroatoms. The Balaban J connectivity index is 1.69. The number of nitrogens with one attached hydrogen (secondary N) is 1. The molecule has 5 nitrogen and oxygen atoms in total. The largest absolute Gasteiger partial charge is 0.349 e. The van der Waals surface area contributed by atoms with Crippen LogP contribution in [-0.4, -0.2) is 15.5 Å². The molecule has 0 fully saturated rings. The van der Waals surface area contributed by atoms with Gasteiger partial charge in [0.05, 0.1) is 17.8 Å². The number of nitrogens with zero attached hydrogens (tertiary/aromatic N) is 2. The third-order valence-electron chi connectivity index (χ3n) is 4.96. The molecular weight excluding hydrogens is 358 g/mol. The van der Waals surface area contributed by atoms with Gasteiger partial charge in [-0.1, -0.05) is 36.8 Å². The van der Waals surface area contributed by atoms with Gasteiger partial charge in [0, 0.05) is 17.8 Å². The second kappa shape index (κ2) is 8.05. The Kier molecular flexibility index (Phi) is 5.75. The molecule has 0 aliphatic rings. The molecule has 0 bridgehead atoms. The second-order valence-corrected chi connectivity index (χ2v) is 8.10. The number of fused-ring (bicyclic) bond motifs is 1. The minimum Gasteiger partial charge on any atom is -0.349 e. The van der Waals surface area contributed by atoms with Gasteiger partial charge >= 0.3 is 0 Å². The van der Waals surface area contributed by atoms with E-state index in [1.165, 1.54) is 21.5 Å². The number of amides is 1. The monoisotopic (exact) mass is 383 g/mol. The molecule has 0 aliphatic carbocycles. The SMILES string of the molecule is CC[C@H](NC(=O)CCn1cnc2sc(C)c(C)c2c1=O)c1ccc(C)cc1. The molecule has 0 saturated carbocycles. The van der Waals surface area contributed by atoms with Crippen LogP contribution in [0.1, 0.15) is 47.4 Å². The minimum absolute atomic E-state index is 0.0165. The van der Waals surface area contributed by atoms with E-state index < -0.39 is 0 Å². The van der Waals surface area contributed by atoms with Gasteiger partial charge in [0.25, 0.3) is 5.56 Å². The highest BCUT2D eigenvalue weighted by molar-refractivity contribution is 7.18. The summed E-state index contributed by atoms with van der Waals surface area (Å²) in [5, 5.41) is 3.74. The Morgan fingerprint density at radius 1 is 1.22 bits per heavy atom. The Labute approximate surface area is 163 Å². The van der Waals surface area contributed by atoms with Crippen molar-refractivity contribution in [1.82, 2.24) is 14.9 Å². The molecule has 0 aliphatic heterocycles. The number of aryl methyl sites for hydroxylation is 4. The zero-order valence-electron chi connectivity index (χ0n) is 16.2. The smallest absolute Gasteiger partial charge is 0.262 e. The highest BCUT2D eigenvalue weighted by Gasteiger charge is 2.15. The fraction of sp³-hybridized carbons (Fsp3) is 0.381. The number of hydrogen-bond donors (Lipinski definition) is 1. The lowest BCUT2D eigenvalue weighted by Gasteiger charge is -2.18. The maximum atomic E-state index is 12.7. The van der Waals surface area contributed by atoms with E-state index in [0.717, 1.165) is 27.3 Å². The predicted molar refractivity (Wildman–Crippen MR) is 110 cm³/mol. The standard InChI is InChI=1S/C21H25N3O2S/c1-5-17(16-8-6-13(2)7-9-16)23-18(25)10-11-24-12-22-20-19(21(24)26)14(3)15(4)27-20/h6-9,12,17H,5,10-11H2,1-4H3,(H,23,25)/t17-/m0/s1. The predicted octanol–water partition coefficient (Wildman–Crippen LogP) is 4.04. The summed E-state index contributed by atoms with van der Waals surface area (Å²) in [6.07, 6.45) is 2.61. The zero-order valence-corrected chi connectivity index (χ0v) is 17.0. The third kappa shape index (κ3) is 4.11. The van der Waals surface area contributed by atoms with Crippen molar-refractivity contribution >= 4 is 27.5 Å². The van der Waals surface area contributed by atoms with Crippen LogP contribution >= 0.6 is 11.3 Å². The van der Waals surface area contributed by atoms with Crippen molar-refractivity contribution in [2.45, 2.75) is 53.1 Å². The lowest BCUT2D eigenvalue weighted by Crippen LogP contribution is -2.30. The Bertz CT molecular complexity index is 1020. The summed E-state index contributed by atoms with van der Waals surface area (Å²) < 4.78 is 1.54. The summed E-state index contributed by atoms with van der Waals surface area (Å²) in [7, 11) is 0. The lowest BCUT2D eigenvalue weighted by atomic mass is 10.0. The van der Waals surface area contributed by atoms with E-state index in [0.29, 0.717) is 11.9 Å². The summed E-state index contributed by atoms with van der Waals surface area (Å²) in [5.74, 6) is -0.0624. The van der Waals surface area contributed by atoms with Crippen molar-refractivity contribution in [3.8, 4) is 0 Å². The number of carbonyl (C=O) groups excluding carboxylic acids is 1. The van der Waals surface area contributed by atoms with Crippen LogP contribution in [0.25, 0.3) is 10.2 Å². The van der Waals surface area contributed by atoms with E-state index in [-0.39, 0.29) is 23.9 Å². The van der Waals surface area contributed by atoms with Gasteiger partial charge in [0.1, 0.15) is 4.83 Å². The van der Waals surface area contributed by atoms with Crippen LogP contribution in [0.4, 0.5) is 0 Å². The van der Waals surface area contributed by atoms with E-state index >= 15 is 0 Å². The maximum Gasteiger partial charge on any atom is 0.262 e. The van der Waals surface area contributed by atoms with Gasteiger partial charge in [-0.25, -0.2) is 4.98 Å². The maximum absolute atomic E-state index is 12.7. The zero-order chi connectivity index (χ0) is 19.6. The van der Waals surface area contributed by atoms with Crippen LogP contribution < -0.4 is 10.9 Å². The van der Waals surface area contributed by atoms with Gasteiger partial charge in [-0.15, -0.1) is 11.3 Å². The minimum atomic E-state index is -0.0692. The molecular formula is C21H25N3O2S. The van der Waals surface area contributed by atoms with Gasteiger partial charge in [-0.05, 0) is 38.3 Å². The molecule has 3 rings (SSSR count). The van der Waals surface area contributed by atoms with Crippen molar-refractivity contribution in [1.29, 1.82) is 0 Å². The van der Waals surface area contributed by atoms with Crippen LogP contribution in [0.2, 0.25) is 0 Å². The van der Waals surface area contributed by atoms with E-state index in [9.17, 15) is 9.59 Å². The first-order chi connectivity index (χ1) is 12.9. The van der Waals surface area contributed by atoms with Gasteiger partial charge in [0.2, 0.25) is 5.91 Å². The first-order valence-corrected chi connectivity index (χ1v) is 10.0. The summed E-state index contributed by atoms with van der Waals surface area (Å²) in [5.41, 5.74) is 3.21. The van der Waals surface area contributed by atoms with E-state index in [4.69, 9.17) is 0 Å². The van der Waals surface area contributed by atoms with E-state index in [1.807, 2.05) is 32.9 Å². The first kappa shape index (κ1) is 19.3. The third-order valence-corrected chi connectivity index (χ3v) is 6.07. The number of hydrogen-bond acceptors (Lipinski definition) is 4. The molecule has 142 valence electrons. The van der Waals surface area contributed by atoms with Gasteiger partial charge in [-0.3, -0.25) is 14.2 Å². The highest BCUT2D eigenvalue weighted by Crippen LogP contribution is 2.25. The van der Waals surface area contributed by atoms with Gasteiger partial charge in [0.15, 0.2) is 0 Å². The molecule has 1 N–H and O–H groups in total. The molecule has 0 radical (unpaired) electrons. The average Bonchev–Trinajstić information content (AvgIpc) is 2.95.